The second-order valence-corrected chi connectivity index (χ2v) is 10.9. The van der Waals surface area contributed by atoms with Crippen molar-refractivity contribution >= 4 is 35.0 Å². The Balaban J connectivity index is 0.000000343. The minimum absolute atomic E-state index is 0.135. The quantitative estimate of drug-likeness (QED) is 0.115. The number of nitrogens with zero attached hydrogens (tertiary/aromatic N) is 1. The highest BCUT2D eigenvalue weighted by molar-refractivity contribution is 6.19. The van der Waals surface area contributed by atoms with Crippen LogP contribution in [0.3, 0.4) is 0 Å². The van der Waals surface area contributed by atoms with Gasteiger partial charge in [0.15, 0.2) is 11.6 Å². The monoisotopic (exact) mass is 657 g/mol. The first kappa shape index (κ1) is 38.5. The van der Waals surface area contributed by atoms with E-state index in [1.165, 1.54) is 30.2 Å². The number of hydrogen-bond acceptors (Lipinski definition) is 12. The van der Waals surface area contributed by atoms with E-state index in [1.807, 2.05) is 0 Å². The fraction of sp³-hybridized carbons (Fsp3) is 0.455. The fourth-order valence-electron chi connectivity index (χ4n) is 6.03. The standard InChI is InChI=1S/C21H21NO6.C10H14N2O3.2CH4O/c1-28-14-4-2-3-11-15(14)21(27)17-16(19(11)25)20(26)12-7-9(13(22)8-23)5-6-10(12)18(17)24;11-8(13)4-2-1-3-7-12-9(14)5-6-10(12)15;2*1-2/h2-4,9,16-17,22-24,26H,5-8H2,1H3;5-6H,1-4,7H2,(H2,11,13);2*2H,1H3. The molecule has 47 heavy (non-hydrogen) atoms. The third kappa shape index (κ3) is 8.39. The molecule has 1 aliphatic heterocycles. The van der Waals surface area contributed by atoms with Crippen LogP contribution in [-0.4, -0.2) is 99.9 Å². The zero-order valence-corrected chi connectivity index (χ0v) is 26.7. The van der Waals surface area contributed by atoms with E-state index in [-0.39, 0.29) is 70.8 Å². The first-order chi connectivity index (χ1) is 22.5. The van der Waals surface area contributed by atoms with Crippen molar-refractivity contribution < 1.29 is 54.2 Å². The number of nitrogens with two attached hydrogens (primary N) is 1. The van der Waals surface area contributed by atoms with Crippen LogP contribution in [0.15, 0.2) is 53.0 Å². The minimum Gasteiger partial charge on any atom is -0.511 e. The Morgan fingerprint density at radius 1 is 0.936 bits per heavy atom. The number of fused-ring (bicyclic) bond motifs is 3. The number of methoxy groups -OCH3 is 1. The van der Waals surface area contributed by atoms with E-state index in [4.69, 9.17) is 26.1 Å². The van der Waals surface area contributed by atoms with E-state index < -0.39 is 23.4 Å². The summed E-state index contributed by atoms with van der Waals surface area (Å²) in [6.07, 6.45) is 6.25. The van der Waals surface area contributed by atoms with Gasteiger partial charge in [-0.2, -0.15) is 0 Å². The SMILES string of the molecule is CO.CO.COc1cccc2c1C(=O)C1C(O)=C3CCC(C(=N)CO)CC3=C(O)C1C2=O.NC(=O)CCCCCN1C(=O)C=CC1=O. The lowest BCUT2D eigenvalue weighted by atomic mass is 9.64. The summed E-state index contributed by atoms with van der Waals surface area (Å²) in [5.41, 5.74) is 6.32. The second-order valence-electron chi connectivity index (χ2n) is 10.9. The number of unbranched alkanes of at least 4 members (excludes halogenated alkanes) is 2. The Hall–Kier alpha value is -4.66. The van der Waals surface area contributed by atoms with Crippen LogP contribution >= 0.6 is 0 Å². The van der Waals surface area contributed by atoms with Gasteiger partial charge >= 0.3 is 0 Å². The number of benzene rings is 1. The molecule has 14 nitrogen and oxygen atoms in total. The van der Waals surface area contributed by atoms with Crippen LogP contribution < -0.4 is 10.5 Å². The van der Waals surface area contributed by atoms with E-state index in [9.17, 15) is 39.3 Å². The molecule has 0 spiro atoms. The Morgan fingerprint density at radius 3 is 2.11 bits per heavy atom. The molecule has 14 heteroatoms. The normalized spacial score (nSPS) is 20.9. The average molecular weight is 658 g/mol. The molecule has 1 heterocycles. The molecule has 1 aromatic carbocycles. The smallest absolute Gasteiger partial charge is 0.253 e. The molecule has 0 radical (unpaired) electrons. The number of amides is 3. The number of aliphatic hydroxyl groups excluding tert-OH is 5. The first-order valence-electron chi connectivity index (χ1n) is 15.0. The van der Waals surface area contributed by atoms with Gasteiger partial charge in [0.2, 0.25) is 5.91 Å². The number of imide groups is 1. The number of ether oxygens (including phenoxy) is 1. The van der Waals surface area contributed by atoms with E-state index in [1.54, 1.807) is 12.1 Å². The highest BCUT2D eigenvalue weighted by Crippen LogP contribution is 2.49. The summed E-state index contributed by atoms with van der Waals surface area (Å²) >= 11 is 0. The minimum atomic E-state index is -1.17. The molecule has 1 aromatic rings. The van der Waals surface area contributed by atoms with Gasteiger partial charge in [0, 0.05) is 56.5 Å². The van der Waals surface area contributed by atoms with Gasteiger partial charge in [-0.05, 0) is 49.3 Å². The number of aliphatic hydroxyl groups is 5. The number of carbonyl (C=O) groups excluding carboxylic acids is 5. The van der Waals surface area contributed by atoms with Gasteiger partial charge in [0.25, 0.3) is 11.8 Å². The third-order valence-electron chi connectivity index (χ3n) is 8.29. The van der Waals surface area contributed by atoms with Gasteiger partial charge < -0.3 is 41.4 Å². The van der Waals surface area contributed by atoms with Crippen LogP contribution in [-0.2, 0) is 14.4 Å². The number of nitrogens with one attached hydrogen (secondary N) is 1. The molecular weight excluding hydrogens is 614 g/mol. The number of Topliss-reactive ketones (excluding diaryl/α,β-unsaturated/α-hetero) is 2. The number of hydrogen-bond donors (Lipinski definition) is 7. The molecule has 256 valence electrons. The largest absolute Gasteiger partial charge is 0.511 e. The predicted octanol–water partition coefficient (Wildman–Crippen LogP) is 1.93. The summed E-state index contributed by atoms with van der Waals surface area (Å²) in [6, 6.07) is 4.72. The molecular formula is C33H43N3O11. The molecule has 0 bridgehead atoms. The molecule has 3 atom stereocenters. The van der Waals surface area contributed by atoms with Crippen molar-refractivity contribution in [2.45, 2.75) is 44.9 Å². The van der Waals surface area contributed by atoms with E-state index in [2.05, 4.69) is 0 Å². The predicted molar refractivity (Wildman–Crippen MR) is 170 cm³/mol. The second kappa shape index (κ2) is 17.9. The van der Waals surface area contributed by atoms with Crippen molar-refractivity contribution in [3.05, 3.63) is 64.1 Å². The molecule has 0 aromatic heterocycles. The number of carbonyl (C=O) groups is 5. The lowest BCUT2D eigenvalue weighted by Crippen LogP contribution is -2.42. The molecule has 0 saturated heterocycles. The van der Waals surface area contributed by atoms with Crippen LogP contribution in [0, 0.1) is 23.2 Å². The first-order valence-corrected chi connectivity index (χ1v) is 15.0. The topological polar surface area (TPSA) is 249 Å². The number of rotatable bonds is 9. The number of allylic oxidation sites excluding steroid dienone is 4. The van der Waals surface area contributed by atoms with Gasteiger partial charge in [-0.1, -0.05) is 18.6 Å². The van der Waals surface area contributed by atoms with Crippen molar-refractivity contribution in [1.82, 2.24) is 4.90 Å². The molecule has 3 unspecified atom stereocenters. The van der Waals surface area contributed by atoms with E-state index >= 15 is 0 Å². The molecule has 3 aliphatic carbocycles. The summed E-state index contributed by atoms with van der Waals surface area (Å²) in [6.45, 7) is 0.0454. The van der Waals surface area contributed by atoms with Gasteiger partial charge in [-0.25, -0.2) is 0 Å². The van der Waals surface area contributed by atoms with Crippen molar-refractivity contribution in [3.63, 3.8) is 0 Å². The molecule has 1 fully saturated rings. The maximum atomic E-state index is 13.2. The summed E-state index contributed by atoms with van der Waals surface area (Å²) in [5.74, 6) is -4.43. The van der Waals surface area contributed by atoms with Crippen molar-refractivity contribution in [2.24, 2.45) is 23.5 Å². The number of primary amides is 1. The summed E-state index contributed by atoms with van der Waals surface area (Å²) in [4.78, 5) is 60.2. The maximum Gasteiger partial charge on any atom is 0.253 e. The Morgan fingerprint density at radius 2 is 1.53 bits per heavy atom. The number of ketones is 2. The van der Waals surface area contributed by atoms with Gasteiger partial charge in [0.1, 0.15) is 17.3 Å². The molecule has 8 N–H and O–H groups in total. The lowest BCUT2D eigenvalue weighted by molar-refractivity contribution is -0.136. The van der Waals surface area contributed by atoms with Crippen molar-refractivity contribution in [2.75, 3.05) is 34.5 Å². The zero-order valence-electron chi connectivity index (χ0n) is 26.7. The highest BCUT2D eigenvalue weighted by atomic mass is 16.5. The van der Waals surface area contributed by atoms with Crippen LogP contribution in [0.1, 0.15) is 65.7 Å². The molecule has 5 rings (SSSR count). The zero-order chi connectivity index (χ0) is 35.4. The average Bonchev–Trinajstić information content (AvgIpc) is 3.41. The van der Waals surface area contributed by atoms with Crippen molar-refractivity contribution in [1.29, 1.82) is 5.41 Å². The van der Waals surface area contributed by atoms with Crippen molar-refractivity contribution in [3.8, 4) is 5.75 Å². The Labute approximate surface area is 272 Å². The van der Waals surface area contributed by atoms with Gasteiger partial charge in [-0.15, -0.1) is 0 Å². The fourth-order valence-corrected chi connectivity index (χ4v) is 6.03. The Kier molecular flexibility index (Phi) is 14.7. The van der Waals surface area contributed by atoms with Gasteiger partial charge in [0.05, 0.1) is 31.1 Å². The summed E-state index contributed by atoms with van der Waals surface area (Å²) in [7, 11) is 3.41. The molecule has 1 saturated carbocycles. The molecule has 4 aliphatic rings. The third-order valence-corrected chi connectivity index (χ3v) is 8.29. The Bertz CT molecular complexity index is 1460. The van der Waals surface area contributed by atoms with Gasteiger partial charge in [-0.3, -0.25) is 28.9 Å². The highest BCUT2D eigenvalue weighted by Gasteiger charge is 2.51. The van der Waals surface area contributed by atoms with E-state index in [0.717, 1.165) is 20.6 Å². The summed E-state index contributed by atoms with van der Waals surface area (Å²) < 4.78 is 5.24. The lowest BCUT2D eigenvalue weighted by Gasteiger charge is -2.39. The summed E-state index contributed by atoms with van der Waals surface area (Å²) in [5, 5.41) is 53.0. The van der Waals surface area contributed by atoms with Crippen LogP contribution in [0.5, 0.6) is 5.75 Å². The van der Waals surface area contributed by atoms with E-state index in [0.29, 0.717) is 49.8 Å². The van der Waals surface area contributed by atoms with Crippen LogP contribution in [0.2, 0.25) is 0 Å². The molecule has 3 amide bonds. The van der Waals surface area contributed by atoms with Crippen LogP contribution in [0.25, 0.3) is 0 Å². The van der Waals surface area contributed by atoms with Crippen LogP contribution in [0.4, 0.5) is 0 Å². The maximum absolute atomic E-state index is 13.2.